The van der Waals surface area contributed by atoms with E-state index in [0.717, 1.165) is 12.3 Å². The van der Waals surface area contributed by atoms with Gasteiger partial charge in [-0.25, -0.2) is 9.78 Å². The Morgan fingerprint density at radius 2 is 2.24 bits per heavy atom. The van der Waals surface area contributed by atoms with Crippen molar-refractivity contribution < 1.29 is 24.9 Å². The molecule has 0 aliphatic rings. The van der Waals surface area contributed by atoms with Crippen molar-refractivity contribution in [1.29, 1.82) is 0 Å². The molecule has 7 heteroatoms. The Labute approximate surface area is 97.5 Å². The average Bonchev–Trinajstić information content (AvgIpc) is 2.31. The minimum atomic E-state index is -1.74. The number of aliphatic hydroxyl groups is 2. The molecular formula is C10H14N2O5. The molecule has 0 aliphatic heterocycles. The summed E-state index contributed by atoms with van der Waals surface area (Å²) in [5, 5.41) is 28.4. The number of nitrogens with two attached hydrogens (primary N) is 1. The third-order valence-corrected chi connectivity index (χ3v) is 2.09. The molecule has 0 saturated heterocycles. The number of rotatable bonds is 4. The van der Waals surface area contributed by atoms with Crippen LogP contribution in [-0.4, -0.2) is 39.0 Å². The van der Waals surface area contributed by atoms with Gasteiger partial charge in [0.2, 0.25) is 0 Å². The predicted octanol–water partition coefficient (Wildman–Crippen LogP) is -0.673. The molecule has 0 saturated carbocycles. The van der Waals surface area contributed by atoms with Crippen LogP contribution in [0.4, 0.5) is 5.82 Å². The van der Waals surface area contributed by atoms with Crippen molar-refractivity contribution in [2.75, 3.05) is 12.3 Å². The molecule has 1 aromatic heterocycles. The van der Waals surface area contributed by atoms with Crippen LogP contribution in [0.15, 0.2) is 12.3 Å². The fraction of sp³-hybridized carbons (Fsp3) is 0.400. The molecule has 7 nitrogen and oxygen atoms in total. The number of nitrogen functional groups attached to an aromatic ring is 1. The van der Waals surface area contributed by atoms with Crippen LogP contribution < -0.4 is 5.73 Å². The summed E-state index contributed by atoms with van der Waals surface area (Å²) in [5.74, 6) is -1.39. The normalized spacial score (nSPS) is 14.1. The van der Waals surface area contributed by atoms with Gasteiger partial charge in [0.05, 0.1) is 6.61 Å². The quantitative estimate of drug-likeness (QED) is 0.515. The van der Waals surface area contributed by atoms with Crippen LogP contribution in [0.2, 0.25) is 0 Å². The van der Waals surface area contributed by atoms with Gasteiger partial charge in [-0.1, -0.05) is 0 Å². The Kier molecular flexibility index (Phi) is 4.24. The van der Waals surface area contributed by atoms with Crippen molar-refractivity contribution in [2.45, 2.75) is 19.1 Å². The lowest BCUT2D eigenvalue weighted by atomic mass is 10.1. The Bertz CT molecular complexity index is 410. The smallest absolute Gasteiger partial charge is 0.338 e. The van der Waals surface area contributed by atoms with E-state index in [1.54, 1.807) is 6.92 Å². The van der Waals surface area contributed by atoms with Crippen molar-refractivity contribution >= 4 is 11.8 Å². The highest BCUT2D eigenvalue weighted by Gasteiger charge is 2.27. The zero-order chi connectivity index (χ0) is 13.0. The number of carbonyl (C=O) groups excluding carboxylic acids is 1. The minimum absolute atomic E-state index is 0.0669. The summed E-state index contributed by atoms with van der Waals surface area (Å²) in [7, 11) is 0. The number of aliphatic hydroxyl groups excluding tert-OH is 2. The first-order chi connectivity index (χ1) is 7.97. The Hall–Kier alpha value is -1.86. The second kappa shape index (κ2) is 5.46. The van der Waals surface area contributed by atoms with Crippen LogP contribution in [-0.2, 0) is 9.53 Å². The van der Waals surface area contributed by atoms with Crippen LogP contribution in [0.3, 0.4) is 0 Å². The second-order valence-corrected chi connectivity index (χ2v) is 3.31. The number of carbonyl (C=O) groups is 1. The highest BCUT2D eigenvalue weighted by atomic mass is 16.5. The number of ether oxygens (including phenoxy) is 1. The number of hydrogen-bond acceptors (Lipinski definition) is 7. The number of nitrogens with zero attached hydrogens (tertiary/aromatic N) is 1. The standard InChI is InChI=1S/C10H14N2O5/c1-2-17-10(16)8(15)7(14)5-3-6(13)9(11)12-4-5/h3-4,7-8,13-15H,2H2,1H3,(H2,11,12). The van der Waals surface area contributed by atoms with E-state index >= 15 is 0 Å². The van der Waals surface area contributed by atoms with E-state index in [9.17, 15) is 20.1 Å². The Morgan fingerprint density at radius 1 is 1.59 bits per heavy atom. The van der Waals surface area contributed by atoms with E-state index in [2.05, 4.69) is 9.72 Å². The van der Waals surface area contributed by atoms with Gasteiger partial charge in [0.25, 0.3) is 0 Å². The molecule has 1 heterocycles. The van der Waals surface area contributed by atoms with Crippen molar-refractivity contribution in [3.63, 3.8) is 0 Å². The van der Waals surface area contributed by atoms with Gasteiger partial charge in [0.15, 0.2) is 17.7 Å². The van der Waals surface area contributed by atoms with Crippen LogP contribution in [0.25, 0.3) is 0 Å². The van der Waals surface area contributed by atoms with Gasteiger partial charge in [0, 0.05) is 11.8 Å². The van der Waals surface area contributed by atoms with Crippen LogP contribution in [0.5, 0.6) is 5.75 Å². The average molecular weight is 242 g/mol. The minimum Gasteiger partial charge on any atom is -0.504 e. The molecule has 0 aliphatic carbocycles. The van der Waals surface area contributed by atoms with Gasteiger partial charge in [-0.15, -0.1) is 0 Å². The van der Waals surface area contributed by atoms with E-state index in [4.69, 9.17) is 5.73 Å². The molecule has 5 N–H and O–H groups in total. The lowest BCUT2D eigenvalue weighted by molar-refractivity contribution is -0.159. The van der Waals surface area contributed by atoms with Crippen LogP contribution >= 0.6 is 0 Å². The third-order valence-electron chi connectivity index (χ3n) is 2.09. The Balaban J connectivity index is 2.84. The molecule has 2 atom stereocenters. The van der Waals surface area contributed by atoms with Gasteiger partial charge in [-0.05, 0) is 13.0 Å². The lowest BCUT2D eigenvalue weighted by Gasteiger charge is -2.16. The maximum absolute atomic E-state index is 11.2. The summed E-state index contributed by atoms with van der Waals surface area (Å²) >= 11 is 0. The fourth-order valence-corrected chi connectivity index (χ4v) is 1.18. The molecule has 0 spiro atoms. The summed E-state index contributed by atoms with van der Waals surface area (Å²) in [4.78, 5) is 14.8. The van der Waals surface area contributed by atoms with E-state index < -0.39 is 18.2 Å². The molecule has 17 heavy (non-hydrogen) atoms. The molecule has 2 unspecified atom stereocenters. The van der Waals surface area contributed by atoms with E-state index in [1.807, 2.05) is 0 Å². The van der Waals surface area contributed by atoms with Gasteiger partial charge in [-0.2, -0.15) is 0 Å². The van der Waals surface area contributed by atoms with Crippen LogP contribution in [0.1, 0.15) is 18.6 Å². The molecule has 94 valence electrons. The van der Waals surface area contributed by atoms with Gasteiger partial charge in [0.1, 0.15) is 6.10 Å². The van der Waals surface area contributed by atoms with E-state index in [-0.39, 0.29) is 23.7 Å². The summed E-state index contributed by atoms with van der Waals surface area (Å²) < 4.78 is 4.54. The number of hydrogen-bond donors (Lipinski definition) is 4. The summed E-state index contributed by atoms with van der Waals surface area (Å²) in [6.07, 6.45) is -2.12. The summed E-state index contributed by atoms with van der Waals surface area (Å²) in [6, 6.07) is 1.12. The first-order valence-electron chi connectivity index (χ1n) is 4.94. The molecule has 0 radical (unpaired) electrons. The predicted molar refractivity (Wildman–Crippen MR) is 57.9 cm³/mol. The molecule has 1 rings (SSSR count). The summed E-state index contributed by atoms with van der Waals surface area (Å²) in [5.41, 5.74) is 5.34. The van der Waals surface area contributed by atoms with Crippen molar-refractivity contribution in [1.82, 2.24) is 4.98 Å². The largest absolute Gasteiger partial charge is 0.504 e. The first-order valence-corrected chi connectivity index (χ1v) is 4.94. The Morgan fingerprint density at radius 3 is 2.76 bits per heavy atom. The third kappa shape index (κ3) is 3.05. The van der Waals surface area contributed by atoms with E-state index in [0.29, 0.717) is 0 Å². The number of esters is 1. The van der Waals surface area contributed by atoms with Gasteiger partial charge >= 0.3 is 5.97 Å². The van der Waals surface area contributed by atoms with Crippen molar-refractivity contribution in [2.24, 2.45) is 0 Å². The van der Waals surface area contributed by atoms with E-state index in [1.165, 1.54) is 0 Å². The maximum Gasteiger partial charge on any atom is 0.338 e. The molecular weight excluding hydrogens is 228 g/mol. The number of aromatic nitrogens is 1. The maximum atomic E-state index is 11.2. The van der Waals surface area contributed by atoms with Gasteiger partial charge in [-0.3, -0.25) is 0 Å². The lowest BCUT2D eigenvalue weighted by Crippen LogP contribution is -2.30. The van der Waals surface area contributed by atoms with Gasteiger partial charge < -0.3 is 25.8 Å². The molecule has 0 fully saturated rings. The highest BCUT2D eigenvalue weighted by molar-refractivity contribution is 5.75. The molecule has 0 bridgehead atoms. The number of aromatic hydroxyl groups is 1. The number of pyridine rings is 1. The zero-order valence-electron chi connectivity index (χ0n) is 9.20. The first kappa shape index (κ1) is 13.2. The highest BCUT2D eigenvalue weighted by Crippen LogP contribution is 2.24. The monoisotopic (exact) mass is 242 g/mol. The van der Waals surface area contributed by atoms with Crippen molar-refractivity contribution in [3.05, 3.63) is 17.8 Å². The zero-order valence-corrected chi connectivity index (χ0v) is 9.20. The summed E-state index contributed by atoms with van der Waals surface area (Å²) in [6.45, 7) is 1.67. The van der Waals surface area contributed by atoms with Crippen LogP contribution in [0, 0.1) is 0 Å². The SMILES string of the molecule is CCOC(=O)C(O)C(O)c1cnc(N)c(O)c1. The second-order valence-electron chi connectivity index (χ2n) is 3.31. The molecule has 0 aromatic carbocycles. The number of anilines is 1. The van der Waals surface area contributed by atoms with Crippen molar-refractivity contribution in [3.8, 4) is 5.75 Å². The topological polar surface area (TPSA) is 126 Å². The molecule has 1 aromatic rings. The molecule has 0 amide bonds. The fourth-order valence-electron chi connectivity index (χ4n) is 1.18.